The largest absolute Gasteiger partial charge is 0.378 e. The van der Waals surface area contributed by atoms with Crippen LogP contribution in [0.2, 0.25) is 0 Å². The van der Waals surface area contributed by atoms with Crippen LogP contribution in [0.4, 0.5) is 10.5 Å². The summed E-state index contributed by atoms with van der Waals surface area (Å²) >= 11 is 0. The Balaban J connectivity index is 1.23. The minimum absolute atomic E-state index is 0.159. The van der Waals surface area contributed by atoms with E-state index in [-0.39, 0.29) is 6.03 Å². The first-order valence-corrected chi connectivity index (χ1v) is 12.7. The molecule has 1 saturated heterocycles. The summed E-state index contributed by atoms with van der Waals surface area (Å²) in [4.78, 5) is 31.0. The zero-order chi connectivity index (χ0) is 26.2. The quantitative estimate of drug-likeness (QED) is 0.300. The molecule has 6 aromatic rings. The zero-order valence-corrected chi connectivity index (χ0v) is 20.9. The van der Waals surface area contributed by atoms with Crippen molar-refractivity contribution in [3.8, 4) is 33.6 Å². The molecule has 7 rings (SSSR count). The monoisotopic (exact) mass is 516 g/mol. The van der Waals surface area contributed by atoms with Crippen LogP contribution in [0.5, 0.6) is 0 Å². The number of carbonyl (C=O) groups is 1. The molecule has 39 heavy (non-hydrogen) atoms. The Labute approximate surface area is 223 Å². The van der Waals surface area contributed by atoms with Crippen molar-refractivity contribution in [2.75, 3.05) is 31.6 Å². The predicted octanol–water partition coefficient (Wildman–Crippen LogP) is 5.09. The third-order valence-electron chi connectivity index (χ3n) is 6.96. The van der Waals surface area contributed by atoms with Gasteiger partial charge in [-0.25, -0.2) is 9.78 Å². The average molecular weight is 517 g/mol. The summed E-state index contributed by atoms with van der Waals surface area (Å²) in [6, 6.07) is 16.1. The molecule has 5 aromatic heterocycles. The number of aromatic nitrogens is 6. The maximum Gasteiger partial charge on any atom is 0.322 e. The highest BCUT2D eigenvalue weighted by Crippen LogP contribution is 2.34. The Morgan fingerprint density at radius 1 is 0.897 bits per heavy atom. The van der Waals surface area contributed by atoms with Crippen LogP contribution in [0.3, 0.4) is 0 Å². The third kappa shape index (κ3) is 4.36. The maximum atomic E-state index is 12.6. The second-order valence-electron chi connectivity index (χ2n) is 9.37. The zero-order valence-electron chi connectivity index (χ0n) is 20.9. The number of aromatic amines is 2. The fraction of sp³-hybridized carbons (Fsp3) is 0.138. The molecule has 1 aliphatic heterocycles. The van der Waals surface area contributed by atoms with Crippen LogP contribution in [0.15, 0.2) is 79.5 Å². The van der Waals surface area contributed by atoms with E-state index in [0.29, 0.717) is 37.6 Å². The fourth-order valence-corrected chi connectivity index (χ4v) is 4.97. The number of H-pyrrole nitrogens is 2. The number of fused-ring (bicyclic) bond motifs is 2. The van der Waals surface area contributed by atoms with E-state index >= 15 is 0 Å². The van der Waals surface area contributed by atoms with Gasteiger partial charge in [0, 0.05) is 65.3 Å². The van der Waals surface area contributed by atoms with Crippen molar-refractivity contribution in [3.05, 3.63) is 79.5 Å². The number of hydrogen-bond donors (Lipinski definition) is 3. The number of pyridine rings is 3. The number of anilines is 1. The van der Waals surface area contributed by atoms with Crippen LogP contribution in [0.1, 0.15) is 0 Å². The lowest BCUT2D eigenvalue weighted by atomic mass is 10.0. The van der Waals surface area contributed by atoms with Gasteiger partial charge in [0.1, 0.15) is 0 Å². The van der Waals surface area contributed by atoms with E-state index in [1.54, 1.807) is 35.9 Å². The van der Waals surface area contributed by atoms with Gasteiger partial charge in [0.25, 0.3) is 0 Å². The maximum absolute atomic E-state index is 12.6. The summed E-state index contributed by atoms with van der Waals surface area (Å²) in [6.45, 7) is 2.24. The van der Waals surface area contributed by atoms with Gasteiger partial charge in [-0.05, 0) is 47.5 Å². The Bertz CT molecular complexity index is 1800. The van der Waals surface area contributed by atoms with Gasteiger partial charge in [-0.1, -0.05) is 12.1 Å². The number of urea groups is 1. The standard InChI is InChI=1S/C29H24N8O2/c38-29(37-8-10-39-11-9-37)33-21-12-19(15-31-17-21)20-13-24-27(35-36-28(24)32-16-20)26-14-23-22(2-1-3-25(23)34-26)18-4-6-30-7-5-18/h1-7,12-17,34H,8-11H2,(H,33,38)(H,32,35,36). The van der Waals surface area contributed by atoms with Crippen molar-refractivity contribution in [3.63, 3.8) is 0 Å². The number of morpholine rings is 1. The van der Waals surface area contributed by atoms with Crippen molar-refractivity contribution in [2.24, 2.45) is 0 Å². The number of amides is 2. The van der Waals surface area contributed by atoms with Gasteiger partial charge in [0.15, 0.2) is 5.65 Å². The normalized spacial score (nSPS) is 13.7. The average Bonchev–Trinajstić information content (AvgIpc) is 3.62. The minimum atomic E-state index is -0.159. The van der Waals surface area contributed by atoms with Gasteiger partial charge in [0.2, 0.25) is 0 Å². The molecular formula is C29H24N8O2. The van der Waals surface area contributed by atoms with Crippen LogP contribution in [-0.4, -0.2) is 67.4 Å². The van der Waals surface area contributed by atoms with Gasteiger partial charge in [-0.3, -0.25) is 15.1 Å². The molecule has 2 amide bonds. The van der Waals surface area contributed by atoms with E-state index in [2.05, 4.69) is 53.6 Å². The van der Waals surface area contributed by atoms with Crippen LogP contribution in [0, 0.1) is 0 Å². The summed E-state index contributed by atoms with van der Waals surface area (Å²) in [5.41, 5.74) is 7.97. The topological polar surface area (TPSA) is 125 Å². The molecular weight excluding hydrogens is 492 g/mol. The van der Waals surface area contributed by atoms with Crippen molar-refractivity contribution in [1.29, 1.82) is 0 Å². The predicted molar refractivity (Wildman–Crippen MR) is 149 cm³/mol. The summed E-state index contributed by atoms with van der Waals surface area (Å²) < 4.78 is 5.34. The third-order valence-corrected chi connectivity index (χ3v) is 6.96. The number of rotatable bonds is 4. The lowest BCUT2D eigenvalue weighted by Crippen LogP contribution is -2.43. The molecule has 0 bridgehead atoms. The summed E-state index contributed by atoms with van der Waals surface area (Å²) in [5.74, 6) is 0. The first-order valence-electron chi connectivity index (χ1n) is 12.7. The van der Waals surface area contributed by atoms with E-state index in [9.17, 15) is 4.79 Å². The van der Waals surface area contributed by atoms with Gasteiger partial charge in [-0.2, -0.15) is 5.10 Å². The highest BCUT2D eigenvalue weighted by Gasteiger charge is 2.18. The summed E-state index contributed by atoms with van der Waals surface area (Å²) in [6.07, 6.45) is 8.77. The molecule has 6 heterocycles. The fourth-order valence-electron chi connectivity index (χ4n) is 4.97. The second kappa shape index (κ2) is 9.66. The highest BCUT2D eigenvalue weighted by molar-refractivity contribution is 6.01. The molecule has 1 fully saturated rings. The second-order valence-corrected chi connectivity index (χ2v) is 9.37. The Morgan fingerprint density at radius 3 is 2.62 bits per heavy atom. The molecule has 1 aromatic carbocycles. The minimum Gasteiger partial charge on any atom is -0.378 e. The number of nitrogens with zero attached hydrogens (tertiary/aromatic N) is 5. The van der Waals surface area contributed by atoms with Crippen molar-refractivity contribution >= 4 is 33.7 Å². The molecule has 1 aliphatic rings. The van der Waals surface area contributed by atoms with Crippen molar-refractivity contribution in [1.82, 2.24) is 35.0 Å². The first-order chi connectivity index (χ1) is 19.2. The lowest BCUT2D eigenvalue weighted by Gasteiger charge is -2.26. The molecule has 10 heteroatoms. The first kappa shape index (κ1) is 23.1. The molecule has 10 nitrogen and oxygen atoms in total. The molecule has 192 valence electrons. The number of nitrogens with one attached hydrogen (secondary N) is 3. The number of ether oxygens (including phenoxy) is 1. The molecule has 0 saturated carbocycles. The Hall–Kier alpha value is -5.09. The molecule has 0 atom stereocenters. The van der Waals surface area contributed by atoms with E-state index in [1.807, 2.05) is 30.3 Å². The Morgan fingerprint density at radius 2 is 1.74 bits per heavy atom. The summed E-state index contributed by atoms with van der Waals surface area (Å²) in [5, 5.41) is 12.5. The molecule has 0 spiro atoms. The van der Waals surface area contributed by atoms with E-state index in [4.69, 9.17) is 4.74 Å². The smallest absolute Gasteiger partial charge is 0.322 e. The van der Waals surface area contributed by atoms with Gasteiger partial charge in [-0.15, -0.1) is 0 Å². The molecule has 3 N–H and O–H groups in total. The van der Waals surface area contributed by atoms with Gasteiger partial charge in [0.05, 0.1) is 36.5 Å². The van der Waals surface area contributed by atoms with Gasteiger partial charge < -0.3 is 19.9 Å². The molecule has 0 radical (unpaired) electrons. The van der Waals surface area contributed by atoms with Crippen molar-refractivity contribution < 1.29 is 9.53 Å². The van der Waals surface area contributed by atoms with E-state index in [0.717, 1.165) is 49.9 Å². The van der Waals surface area contributed by atoms with E-state index in [1.165, 1.54) is 0 Å². The van der Waals surface area contributed by atoms with Crippen LogP contribution >= 0.6 is 0 Å². The van der Waals surface area contributed by atoms with Crippen molar-refractivity contribution in [2.45, 2.75) is 0 Å². The van der Waals surface area contributed by atoms with E-state index < -0.39 is 0 Å². The van der Waals surface area contributed by atoms with Crippen LogP contribution < -0.4 is 5.32 Å². The molecule has 0 aliphatic carbocycles. The van der Waals surface area contributed by atoms with Gasteiger partial charge >= 0.3 is 6.03 Å². The SMILES string of the molecule is O=C(Nc1cncc(-c2cnc3n[nH]c(-c4cc5c(-c6ccncc6)cccc5[nH]4)c3c2)c1)N1CCOCC1. The number of hydrogen-bond acceptors (Lipinski definition) is 6. The Kier molecular flexibility index (Phi) is 5.71. The van der Waals surface area contributed by atoms with Crippen LogP contribution in [0.25, 0.3) is 55.6 Å². The number of carbonyl (C=O) groups excluding carboxylic acids is 1. The summed E-state index contributed by atoms with van der Waals surface area (Å²) in [7, 11) is 0. The molecule has 0 unspecified atom stereocenters. The number of benzene rings is 1. The van der Waals surface area contributed by atoms with Crippen LogP contribution in [-0.2, 0) is 4.74 Å². The lowest BCUT2D eigenvalue weighted by molar-refractivity contribution is 0.0564. The highest BCUT2D eigenvalue weighted by atomic mass is 16.5.